The number of amides is 2. The summed E-state index contributed by atoms with van der Waals surface area (Å²) in [7, 11) is 0. The minimum atomic E-state index is -1.34. The molecule has 2 aliphatic heterocycles. The van der Waals surface area contributed by atoms with Crippen LogP contribution in [0.25, 0.3) is 5.57 Å². The van der Waals surface area contributed by atoms with Crippen molar-refractivity contribution in [3.8, 4) is 5.75 Å². The number of carboxylic acid groups (broad SMARTS) is 1. The second-order valence-electron chi connectivity index (χ2n) is 13.0. The maximum Gasteiger partial charge on any atom is 0.303 e. The van der Waals surface area contributed by atoms with Gasteiger partial charge in [0.15, 0.2) is 17.4 Å². The number of nitrogens with one attached hydrogen (secondary N) is 1. The summed E-state index contributed by atoms with van der Waals surface area (Å²) in [6, 6.07) is 19.0. The first kappa shape index (κ1) is 34.2. The van der Waals surface area contributed by atoms with Crippen LogP contribution in [0.1, 0.15) is 61.6 Å². The standard InChI is InChI=1S/C38H40F3N3O5/c39-30-17-18-31(40)37(36(30)41)49-19-5-8-24-11-13-26(14-12-24)29-20-27-22-43(33(45)9-4-10-34(46)47)23-32(42-27)35(29)38(48)44(28-15-16-28)21-25-6-2-1-3-7-25/h1-3,6-7,11-14,17-18,27-28,32,42H,4-5,8-10,15-16,19-23H2,(H,46,47). The summed E-state index contributed by atoms with van der Waals surface area (Å²) in [5.74, 6) is -5.27. The van der Waals surface area contributed by atoms with Gasteiger partial charge in [-0.15, -0.1) is 0 Å². The van der Waals surface area contributed by atoms with Gasteiger partial charge in [-0.2, -0.15) is 4.39 Å². The van der Waals surface area contributed by atoms with Crippen LogP contribution in [0, 0.1) is 17.5 Å². The highest BCUT2D eigenvalue weighted by molar-refractivity contribution is 6.03. The van der Waals surface area contributed by atoms with E-state index in [0.29, 0.717) is 44.5 Å². The predicted octanol–water partition coefficient (Wildman–Crippen LogP) is 5.89. The number of fused-ring (bicyclic) bond motifs is 2. The van der Waals surface area contributed by atoms with Gasteiger partial charge in [0.2, 0.25) is 11.7 Å². The maximum absolute atomic E-state index is 14.6. The largest absolute Gasteiger partial charge is 0.488 e. The topological polar surface area (TPSA) is 99.2 Å². The molecule has 2 atom stereocenters. The Bertz CT molecular complexity index is 1710. The summed E-state index contributed by atoms with van der Waals surface area (Å²) in [6.45, 7) is 1.27. The van der Waals surface area contributed by atoms with Gasteiger partial charge in [-0.05, 0) is 72.9 Å². The number of hydrogen-bond donors (Lipinski definition) is 2. The second kappa shape index (κ2) is 15.3. The van der Waals surface area contributed by atoms with E-state index in [9.17, 15) is 27.6 Å². The molecule has 3 aromatic rings. The van der Waals surface area contributed by atoms with Gasteiger partial charge in [0.05, 0.1) is 12.6 Å². The Labute approximate surface area is 283 Å². The zero-order chi connectivity index (χ0) is 34.5. The van der Waals surface area contributed by atoms with Crippen LogP contribution in [0.15, 0.2) is 72.3 Å². The van der Waals surface area contributed by atoms with Gasteiger partial charge in [0, 0.05) is 50.1 Å². The molecule has 0 radical (unpaired) electrons. The van der Waals surface area contributed by atoms with Crippen molar-refractivity contribution in [1.29, 1.82) is 0 Å². The Balaban J connectivity index is 1.21. The number of carboxylic acids is 1. The lowest BCUT2D eigenvalue weighted by Gasteiger charge is -2.45. The molecule has 258 valence electrons. The monoisotopic (exact) mass is 675 g/mol. The fourth-order valence-corrected chi connectivity index (χ4v) is 6.77. The molecular weight excluding hydrogens is 635 g/mol. The van der Waals surface area contributed by atoms with E-state index >= 15 is 0 Å². The molecular formula is C38H40F3N3O5. The first-order chi connectivity index (χ1) is 23.7. The van der Waals surface area contributed by atoms with E-state index in [0.717, 1.165) is 47.2 Å². The molecule has 49 heavy (non-hydrogen) atoms. The molecule has 6 rings (SSSR count). The lowest BCUT2D eigenvalue weighted by atomic mass is 9.82. The number of piperazine rings is 1. The summed E-state index contributed by atoms with van der Waals surface area (Å²) in [5, 5.41) is 12.6. The highest BCUT2D eigenvalue weighted by Crippen LogP contribution is 2.37. The number of rotatable bonds is 14. The van der Waals surface area contributed by atoms with Crippen molar-refractivity contribution in [3.63, 3.8) is 0 Å². The van der Waals surface area contributed by atoms with Gasteiger partial charge in [-0.1, -0.05) is 54.6 Å². The van der Waals surface area contributed by atoms with Crippen molar-refractivity contribution in [1.82, 2.24) is 15.1 Å². The predicted molar refractivity (Wildman–Crippen MR) is 177 cm³/mol. The fourth-order valence-electron chi connectivity index (χ4n) is 6.77. The van der Waals surface area contributed by atoms with E-state index in [1.807, 2.05) is 59.5 Å². The molecule has 2 amide bonds. The number of carbonyl (C=O) groups excluding carboxylic acids is 2. The van der Waals surface area contributed by atoms with Gasteiger partial charge in [-0.3, -0.25) is 14.4 Å². The van der Waals surface area contributed by atoms with E-state index in [2.05, 4.69) is 5.32 Å². The van der Waals surface area contributed by atoms with Crippen LogP contribution < -0.4 is 10.1 Å². The number of aryl methyl sites for hydroxylation is 1. The SMILES string of the molecule is O=C(O)CCCC(=O)N1CC2CC(c3ccc(CCCOc4c(F)ccc(F)c4F)cc3)=C(C(=O)N(Cc3ccccc3)C3CC3)C(C1)N2. The van der Waals surface area contributed by atoms with Gasteiger partial charge in [-0.25, -0.2) is 8.78 Å². The van der Waals surface area contributed by atoms with E-state index in [-0.39, 0.29) is 55.8 Å². The molecule has 0 spiro atoms. The number of ether oxygens (including phenoxy) is 1. The van der Waals surface area contributed by atoms with E-state index in [1.165, 1.54) is 0 Å². The normalized spacial score (nSPS) is 18.7. The highest BCUT2D eigenvalue weighted by Gasteiger charge is 2.43. The highest BCUT2D eigenvalue weighted by atomic mass is 19.2. The van der Waals surface area contributed by atoms with Crippen molar-refractivity contribution in [2.75, 3.05) is 19.7 Å². The van der Waals surface area contributed by atoms with E-state index < -0.39 is 29.2 Å². The Morgan fingerprint density at radius 2 is 1.61 bits per heavy atom. The third kappa shape index (κ3) is 8.33. The zero-order valence-electron chi connectivity index (χ0n) is 27.2. The summed E-state index contributed by atoms with van der Waals surface area (Å²) >= 11 is 0. The molecule has 2 heterocycles. The number of halogens is 3. The Hall–Kier alpha value is -4.64. The minimum absolute atomic E-state index is 0.00181. The Kier molecular flexibility index (Phi) is 10.7. The third-order valence-electron chi connectivity index (χ3n) is 9.37. The van der Waals surface area contributed by atoms with Crippen molar-refractivity contribution in [2.24, 2.45) is 0 Å². The van der Waals surface area contributed by atoms with E-state index in [4.69, 9.17) is 9.84 Å². The van der Waals surface area contributed by atoms with Crippen molar-refractivity contribution in [3.05, 3.63) is 106 Å². The van der Waals surface area contributed by atoms with Gasteiger partial charge in [0.25, 0.3) is 5.91 Å². The van der Waals surface area contributed by atoms with Crippen LogP contribution in [0.4, 0.5) is 13.2 Å². The second-order valence-corrected chi connectivity index (χ2v) is 13.0. The van der Waals surface area contributed by atoms with Crippen LogP contribution in [-0.4, -0.2) is 70.5 Å². The quantitative estimate of drug-likeness (QED) is 0.164. The molecule has 3 aromatic carbocycles. The summed E-state index contributed by atoms with van der Waals surface area (Å²) in [4.78, 5) is 42.5. The molecule has 1 aliphatic carbocycles. The molecule has 11 heteroatoms. The smallest absolute Gasteiger partial charge is 0.303 e. The maximum atomic E-state index is 14.6. The van der Waals surface area contributed by atoms with Crippen molar-refractivity contribution in [2.45, 2.75) is 76.0 Å². The number of aliphatic carboxylic acids is 1. The number of carbonyl (C=O) groups is 3. The van der Waals surface area contributed by atoms with Crippen molar-refractivity contribution >= 4 is 23.4 Å². The molecule has 3 aliphatic rings. The summed E-state index contributed by atoms with van der Waals surface area (Å²) in [6.07, 6.45) is 3.76. The molecule has 2 N–H and O–H groups in total. The molecule has 1 saturated heterocycles. The Morgan fingerprint density at radius 3 is 2.33 bits per heavy atom. The van der Waals surface area contributed by atoms with Crippen LogP contribution in [0.2, 0.25) is 0 Å². The first-order valence-corrected chi connectivity index (χ1v) is 16.9. The molecule has 8 nitrogen and oxygen atoms in total. The van der Waals surface area contributed by atoms with Gasteiger partial charge < -0.3 is 25.0 Å². The van der Waals surface area contributed by atoms with Crippen molar-refractivity contribution < 1.29 is 37.4 Å². The summed E-state index contributed by atoms with van der Waals surface area (Å²) < 4.78 is 46.6. The first-order valence-electron chi connectivity index (χ1n) is 16.9. The van der Waals surface area contributed by atoms with Crippen LogP contribution >= 0.6 is 0 Å². The fraction of sp³-hybridized carbons (Fsp3) is 0.395. The Morgan fingerprint density at radius 1 is 0.878 bits per heavy atom. The molecule has 2 bridgehead atoms. The lowest BCUT2D eigenvalue weighted by Crippen LogP contribution is -2.62. The molecule has 2 unspecified atom stereocenters. The van der Waals surface area contributed by atoms with Crippen LogP contribution in [0.3, 0.4) is 0 Å². The molecule has 1 saturated carbocycles. The van der Waals surface area contributed by atoms with E-state index in [1.54, 1.807) is 4.90 Å². The minimum Gasteiger partial charge on any atom is -0.488 e. The molecule has 2 fully saturated rings. The number of hydrogen-bond acceptors (Lipinski definition) is 5. The average Bonchev–Trinajstić information content (AvgIpc) is 3.94. The number of benzene rings is 3. The van der Waals surface area contributed by atoms with Gasteiger partial charge in [0.1, 0.15) is 0 Å². The third-order valence-corrected chi connectivity index (χ3v) is 9.37. The van der Waals surface area contributed by atoms with Gasteiger partial charge >= 0.3 is 5.97 Å². The van der Waals surface area contributed by atoms with Crippen LogP contribution in [-0.2, 0) is 27.3 Å². The zero-order valence-corrected chi connectivity index (χ0v) is 27.2. The molecule has 0 aromatic heterocycles. The van der Waals surface area contributed by atoms with Crippen LogP contribution in [0.5, 0.6) is 5.75 Å². The summed E-state index contributed by atoms with van der Waals surface area (Å²) in [5.41, 5.74) is 4.53. The average molecular weight is 676 g/mol. The lowest BCUT2D eigenvalue weighted by molar-refractivity contribution is -0.138. The number of nitrogens with zero attached hydrogens (tertiary/aromatic N) is 2.